The second-order valence-corrected chi connectivity index (χ2v) is 8.65. The molecule has 1 aliphatic rings. The summed E-state index contributed by atoms with van der Waals surface area (Å²) in [5.74, 6) is 0.800. The van der Waals surface area contributed by atoms with E-state index in [4.69, 9.17) is 4.74 Å². The minimum Gasteiger partial charge on any atom is -0.496 e. The molecule has 1 amide bonds. The fourth-order valence-electron chi connectivity index (χ4n) is 3.47. The van der Waals surface area contributed by atoms with Crippen LogP contribution in [-0.2, 0) is 11.3 Å². The lowest BCUT2D eigenvalue weighted by atomic mass is 9.97. The van der Waals surface area contributed by atoms with E-state index in [1.807, 2.05) is 30.3 Å². The molecule has 1 atom stereocenters. The highest BCUT2D eigenvalue weighted by Gasteiger charge is 2.27. The van der Waals surface area contributed by atoms with E-state index in [0.717, 1.165) is 50.7 Å². The number of anilines is 1. The van der Waals surface area contributed by atoms with Gasteiger partial charge in [-0.25, -0.2) is 9.97 Å². The molecule has 0 saturated carbocycles. The first-order chi connectivity index (χ1) is 13.6. The Labute approximate surface area is 176 Å². The molecule has 1 fully saturated rings. The number of thiazole rings is 1. The lowest BCUT2D eigenvalue weighted by Gasteiger charge is -2.31. The summed E-state index contributed by atoms with van der Waals surface area (Å²) in [7, 11) is 1.64. The molecule has 0 spiro atoms. The van der Waals surface area contributed by atoms with E-state index < -0.39 is 0 Å². The van der Waals surface area contributed by atoms with Gasteiger partial charge in [0.2, 0.25) is 5.91 Å². The molecule has 6 nitrogen and oxygen atoms in total. The summed E-state index contributed by atoms with van der Waals surface area (Å²) in [5, 5.41) is 4.02. The van der Waals surface area contributed by atoms with Gasteiger partial charge in [0.1, 0.15) is 16.1 Å². The number of carbonyl (C=O) groups excluding carboxylic acids is 1. The van der Waals surface area contributed by atoms with E-state index in [1.54, 1.807) is 24.6 Å². The average Bonchev–Trinajstić information content (AvgIpc) is 3.16. The van der Waals surface area contributed by atoms with E-state index in [1.165, 1.54) is 0 Å². The van der Waals surface area contributed by atoms with Crippen molar-refractivity contribution in [2.45, 2.75) is 19.4 Å². The highest BCUT2D eigenvalue weighted by atomic mass is 79.9. The van der Waals surface area contributed by atoms with Crippen molar-refractivity contribution in [3.05, 3.63) is 46.6 Å². The fourth-order valence-corrected chi connectivity index (χ4v) is 4.82. The number of halogens is 1. The summed E-state index contributed by atoms with van der Waals surface area (Å²) < 4.78 is 6.35. The molecule has 1 N–H and O–H groups in total. The molecule has 0 bridgehead atoms. The molecule has 1 saturated heterocycles. The Morgan fingerprint density at radius 2 is 2.32 bits per heavy atom. The third-order valence-electron chi connectivity index (χ3n) is 4.91. The molecule has 1 aliphatic heterocycles. The SMILES string of the molecule is COc1ccc(Br)cc1CNC(=O)[C@H]1CCCN(c2nc3cccnc3s2)C1. The number of piperidine rings is 1. The Hall–Kier alpha value is -2.19. The number of fused-ring (bicyclic) bond motifs is 1. The van der Waals surface area contributed by atoms with Crippen molar-refractivity contribution in [2.75, 3.05) is 25.1 Å². The second kappa shape index (κ2) is 8.45. The molecule has 0 radical (unpaired) electrons. The number of hydrogen-bond donors (Lipinski definition) is 1. The standard InChI is InChI=1S/C20H21BrN4O2S/c1-27-17-7-6-15(21)10-14(17)11-23-18(26)13-4-3-9-25(12-13)20-24-16-5-2-8-22-19(16)28-20/h2,5-8,10,13H,3-4,9,11-12H2,1H3,(H,23,26)/t13-/m0/s1. The molecular formula is C20H21BrN4O2S. The lowest BCUT2D eigenvalue weighted by Crippen LogP contribution is -2.43. The van der Waals surface area contributed by atoms with Crippen molar-refractivity contribution < 1.29 is 9.53 Å². The zero-order valence-corrected chi connectivity index (χ0v) is 17.9. The first-order valence-electron chi connectivity index (χ1n) is 9.20. The zero-order valence-electron chi connectivity index (χ0n) is 15.5. The molecule has 0 unspecified atom stereocenters. The van der Waals surface area contributed by atoms with Crippen LogP contribution in [0.1, 0.15) is 18.4 Å². The Morgan fingerprint density at radius 1 is 1.43 bits per heavy atom. The average molecular weight is 461 g/mol. The minimum absolute atomic E-state index is 0.0492. The molecule has 0 aliphatic carbocycles. The van der Waals surface area contributed by atoms with Gasteiger partial charge < -0.3 is 15.0 Å². The number of rotatable bonds is 5. The maximum absolute atomic E-state index is 12.8. The predicted molar refractivity (Wildman–Crippen MR) is 115 cm³/mol. The summed E-state index contributed by atoms with van der Waals surface area (Å²) in [6, 6.07) is 9.67. The van der Waals surface area contributed by atoms with Gasteiger partial charge in [-0.3, -0.25) is 4.79 Å². The van der Waals surface area contributed by atoms with E-state index in [2.05, 4.69) is 36.1 Å². The molecule has 2 aromatic heterocycles. The van der Waals surface area contributed by atoms with Gasteiger partial charge in [-0.15, -0.1) is 0 Å². The zero-order chi connectivity index (χ0) is 19.5. The van der Waals surface area contributed by atoms with Crippen LogP contribution in [0.5, 0.6) is 5.75 Å². The number of hydrogen-bond acceptors (Lipinski definition) is 6. The monoisotopic (exact) mass is 460 g/mol. The second-order valence-electron chi connectivity index (χ2n) is 6.78. The highest BCUT2D eigenvalue weighted by molar-refractivity contribution is 9.10. The minimum atomic E-state index is -0.0492. The van der Waals surface area contributed by atoms with Crippen LogP contribution >= 0.6 is 27.3 Å². The van der Waals surface area contributed by atoms with Gasteiger partial charge in [0.05, 0.1) is 13.0 Å². The van der Waals surface area contributed by atoms with Gasteiger partial charge in [-0.05, 0) is 43.2 Å². The molecule has 146 valence electrons. The van der Waals surface area contributed by atoms with Crippen molar-refractivity contribution in [2.24, 2.45) is 5.92 Å². The van der Waals surface area contributed by atoms with Crippen LogP contribution in [0.4, 0.5) is 5.13 Å². The van der Waals surface area contributed by atoms with Crippen LogP contribution in [0.15, 0.2) is 41.0 Å². The van der Waals surface area contributed by atoms with E-state index in [-0.39, 0.29) is 11.8 Å². The molecule has 8 heteroatoms. The summed E-state index contributed by atoms with van der Waals surface area (Å²) in [6.45, 7) is 2.05. The number of benzene rings is 1. The number of amides is 1. The van der Waals surface area contributed by atoms with Crippen molar-refractivity contribution in [1.82, 2.24) is 15.3 Å². The number of nitrogens with zero attached hydrogens (tertiary/aromatic N) is 3. The van der Waals surface area contributed by atoms with Crippen molar-refractivity contribution in [1.29, 1.82) is 0 Å². The van der Waals surface area contributed by atoms with Crippen LogP contribution in [0.25, 0.3) is 10.3 Å². The van der Waals surface area contributed by atoms with Crippen molar-refractivity contribution in [3.8, 4) is 5.75 Å². The third kappa shape index (κ3) is 4.12. The van der Waals surface area contributed by atoms with Gasteiger partial charge >= 0.3 is 0 Å². The quantitative estimate of drug-likeness (QED) is 0.623. The topological polar surface area (TPSA) is 67.3 Å². The maximum Gasteiger partial charge on any atom is 0.225 e. The Morgan fingerprint density at radius 3 is 3.14 bits per heavy atom. The van der Waals surface area contributed by atoms with Crippen LogP contribution in [0.2, 0.25) is 0 Å². The molecule has 28 heavy (non-hydrogen) atoms. The van der Waals surface area contributed by atoms with E-state index >= 15 is 0 Å². The van der Waals surface area contributed by atoms with Crippen molar-refractivity contribution in [3.63, 3.8) is 0 Å². The molecule has 4 rings (SSSR count). The molecule has 3 aromatic rings. The van der Waals surface area contributed by atoms with Crippen LogP contribution < -0.4 is 15.0 Å². The summed E-state index contributed by atoms with van der Waals surface area (Å²) in [6.07, 6.45) is 3.65. The Bertz CT molecular complexity index is 960. The summed E-state index contributed by atoms with van der Waals surface area (Å²) in [4.78, 5) is 25.0. The number of ether oxygens (including phenoxy) is 1. The normalized spacial score (nSPS) is 16.9. The number of methoxy groups -OCH3 is 1. The maximum atomic E-state index is 12.8. The summed E-state index contributed by atoms with van der Waals surface area (Å²) in [5.41, 5.74) is 1.87. The predicted octanol–water partition coefficient (Wildman–Crippen LogP) is 4.00. The summed E-state index contributed by atoms with van der Waals surface area (Å²) >= 11 is 5.06. The molecule has 1 aromatic carbocycles. The van der Waals surface area contributed by atoms with Gasteiger partial charge in [-0.2, -0.15) is 0 Å². The van der Waals surface area contributed by atoms with Crippen LogP contribution in [0, 0.1) is 5.92 Å². The number of aromatic nitrogens is 2. The van der Waals surface area contributed by atoms with Crippen molar-refractivity contribution >= 4 is 48.7 Å². The molecule has 3 heterocycles. The number of pyridine rings is 1. The van der Waals surface area contributed by atoms with Crippen LogP contribution in [-0.4, -0.2) is 36.1 Å². The molecular weight excluding hydrogens is 440 g/mol. The van der Waals surface area contributed by atoms with Gasteiger partial charge in [-0.1, -0.05) is 27.3 Å². The van der Waals surface area contributed by atoms with Gasteiger partial charge in [0.25, 0.3) is 0 Å². The van der Waals surface area contributed by atoms with E-state index in [9.17, 15) is 4.79 Å². The smallest absolute Gasteiger partial charge is 0.225 e. The van der Waals surface area contributed by atoms with Gasteiger partial charge in [0.15, 0.2) is 5.13 Å². The number of carbonyl (C=O) groups is 1. The first-order valence-corrected chi connectivity index (χ1v) is 10.8. The highest BCUT2D eigenvalue weighted by Crippen LogP contribution is 2.30. The van der Waals surface area contributed by atoms with Gasteiger partial charge in [0, 0.05) is 35.9 Å². The largest absolute Gasteiger partial charge is 0.496 e. The van der Waals surface area contributed by atoms with E-state index in [0.29, 0.717) is 13.1 Å². The first kappa shape index (κ1) is 19.1. The number of nitrogens with one attached hydrogen (secondary N) is 1. The fraction of sp³-hybridized carbons (Fsp3) is 0.350. The van der Waals surface area contributed by atoms with Crippen LogP contribution in [0.3, 0.4) is 0 Å². The Kier molecular flexibility index (Phi) is 5.77. The third-order valence-corrected chi connectivity index (χ3v) is 6.45. The Balaban J connectivity index is 1.41. The lowest BCUT2D eigenvalue weighted by molar-refractivity contribution is -0.125.